The van der Waals surface area contributed by atoms with E-state index >= 15 is 0 Å². The lowest BCUT2D eigenvalue weighted by Gasteiger charge is -2.39. The van der Waals surface area contributed by atoms with Crippen molar-refractivity contribution in [1.82, 2.24) is 15.7 Å². The lowest BCUT2D eigenvalue weighted by molar-refractivity contribution is -0.00985. The molecule has 0 fully saturated rings. The van der Waals surface area contributed by atoms with Crippen LogP contribution in [0.3, 0.4) is 0 Å². The minimum atomic E-state index is -0.994. The van der Waals surface area contributed by atoms with Gasteiger partial charge in [0.25, 0.3) is 11.8 Å². The molecule has 0 aliphatic carbocycles. The first-order chi connectivity index (χ1) is 15.9. The predicted octanol–water partition coefficient (Wildman–Crippen LogP) is 2.50. The minimum Gasteiger partial charge on any atom is -0.464 e. The Morgan fingerprint density at radius 2 is 1.85 bits per heavy atom. The third-order valence-corrected chi connectivity index (χ3v) is 6.23. The fourth-order valence-electron chi connectivity index (χ4n) is 4.66. The first-order valence-corrected chi connectivity index (χ1v) is 11.8. The summed E-state index contributed by atoms with van der Waals surface area (Å²) in [5, 5.41) is 14.6. The molecule has 8 heteroatoms. The summed E-state index contributed by atoms with van der Waals surface area (Å²) in [5.74, 6) is -0.138. The molecule has 1 aliphatic rings. The van der Waals surface area contributed by atoms with E-state index in [0.717, 1.165) is 16.6 Å². The molecular formula is C26H36BN3O4. The van der Waals surface area contributed by atoms with Crippen molar-refractivity contribution in [3.8, 4) is 5.75 Å². The van der Waals surface area contributed by atoms with Crippen molar-refractivity contribution >= 4 is 24.7 Å². The summed E-state index contributed by atoms with van der Waals surface area (Å²) in [7, 11) is 0.536. The molecular weight excluding hydrogens is 429 g/mol. The van der Waals surface area contributed by atoms with Crippen LogP contribution in [-0.2, 0) is 0 Å². The Hall–Kier alpha value is -2.84. The number of hydrazine groups is 1. The van der Waals surface area contributed by atoms with Crippen LogP contribution in [0, 0.1) is 26.2 Å². The van der Waals surface area contributed by atoms with Crippen LogP contribution in [0.25, 0.3) is 0 Å². The van der Waals surface area contributed by atoms with Gasteiger partial charge in [-0.3, -0.25) is 15.0 Å². The highest BCUT2D eigenvalue weighted by Crippen LogP contribution is 2.28. The maximum Gasteiger partial charge on any atom is 0.272 e. The van der Waals surface area contributed by atoms with Crippen LogP contribution in [0.4, 0.5) is 0 Å². The second-order valence-corrected chi connectivity index (χ2v) is 10.2. The Balaban J connectivity index is 2.00. The molecule has 1 heterocycles. The third-order valence-electron chi connectivity index (χ3n) is 6.23. The Morgan fingerprint density at radius 3 is 2.44 bits per heavy atom. The van der Waals surface area contributed by atoms with Gasteiger partial charge in [-0.2, -0.15) is 0 Å². The first-order valence-electron chi connectivity index (χ1n) is 11.8. The highest BCUT2D eigenvalue weighted by atomic mass is 16.6. The largest absolute Gasteiger partial charge is 0.464 e. The van der Waals surface area contributed by atoms with Crippen LogP contribution in [0.15, 0.2) is 30.3 Å². The van der Waals surface area contributed by atoms with Gasteiger partial charge in [-0.15, -0.1) is 0 Å². The number of nitrogens with one attached hydrogen (secondary N) is 2. The summed E-state index contributed by atoms with van der Waals surface area (Å²) in [6, 6.07) is 9.04. The van der Waals surface area contributed by atoms with Crippen molar-refractivity contribution in [3.63, 3.8) is 0 Å². The summed E-state index contributed by atoms with van der Waals surface area (Å²) < 4.78 is 5.68. The van der Waals surface area contributed by atoms with Crippen LogP contribution in [0.1, 0.15) is 71.5 Å². The van der Waals surface area contributed by atoms with Gasteiger partial charge in [0.1, 0.15) is 5.75 Å². The van der Waals surface area contributed by atoms with Crippen LogP contribution >= 0.6 is 0 Å². The molecule has 0 aromatic heterocycles. The van der Waals surface area contributed by atoms with Gasteiger partial charge >= 0.3 is 0 Å². The fraction of sp³-hybridized carbons (Fsp3) is 0.462. The number of rotatable bonds is 4. The Kier molecular flexibility index (Phi) is 7.73. The maximum absolute atomic E-state index is 13.7. The zero-order valence-electron chi connectivity index (χ0n) is 21.3. The number of hydrogen-bond acceptors (Lipinski definition) is 5. The molecule has 0 saturated heterocycles. The molecule has 0 spiro atoms. The number of amides is 2. The molecule has 0 saturated carbocycles. The molecule has 2 aromatic rings. The van der Waals surface area contributed by atoms with Gasteiger partial charge in [-0.1, -0.05) is 51.0 Å². The van der Waals surface area contributed by atoms with Crippen LogP contribution < -0.4 is 20.9 Å². The Bertz CT molecular complexity index is 1060. The normalized spacial score (nSPS) is 16.4. The van der Waals surface area contributed by atoms with E-state index in [9.17, 15) is 14.7 Å². The number of carbonyl (C=O) groups is 2. The summed E-state index contributed by atoms with van der Waals surface area (Å²) in [6.45, 7) is 14.2. The maximum atomic E-state index is 13.7. The zero-order valence-corrected chi connectivity index (χ0v) is 21.3. The highest BCUT2D eigenvalue weighted by Gasteiger charge is 2.35. The minimum absolute atomic E-state index is 0.229. The van der Waals surface area contributed by atoms with E-state index in [0.29, 0.717) is 42.8 Å². The monoisotopic (exact) mass is 465 g/mol. The molecule has 2 atom stereocenters. The molecule has 1 aliphatic heterocycles. The number of aliphatic hydroxyl groups excluding tert-OH is 1. The molecule has 34 heavy (non-hydrogen) atoms. The quantitative estimate of drug-likeness (QED) is 0.477. The van der Waals surface area contributed by atoms with E-state index in [1.54, 1.807) is 13.0 Å². The van der Waals surface area contributed by atoms with E-state index in [-0.39, 0.29) is 17.4 Å². The molecule has 0 radical (unpaired) electrons. The van der Waals surface area contributed by atoms with Crippen molar-refractivity contribution in [2.75, 3.05) is 6.54 Å². The van der Waals surface area contributed by atoms with Crippen molar-refractivity contribution < 1.29 is 19.4 Å². The van der Waals surface area contributed by atoms with Gasteiger partial charge in [-0.25, -0.2) is 5.01 Å². The number of ether oxygens (including phenoxy) is 1. The van der Waals surface area contributed by atoms with Crippen molar-refractivity contribution in [2.45, 2.75) is 67.2 Å². The number of fused-ring (bicyclic) bond motifs is 1. The average molecular weight is 465 g/mol. The van der Waals surface area contributed by atoms with Gasteiger partial charge in [0.15, 0.2) is 0 Å². The summed E-state index contributed by atoms with van der Waals surface area (Å²) in [5.41, 5.74) is 7.06. The van der Waals surface area contributed by atoms with Gasteiger partial charge in [-0.05, 0) is 56.3 Å². The number of β-amino-alcohol motifs (C(OH)–C–C–N with tert-alkyl or cyclic N) is 1. The topological polar surface area (TPSA) is 90.9 Å². The SMILES string of the molecule is CCC(N(NC(=O)c1ccc2c(c1C)O[C@@H](O)CNB2)C(=O)c1cc(C)cc(C)c1)C(C)(C)C. The number of aliphatic hydroxyl groups is 1. The summed E-state index contributed by atoms with van der Waals surface area (Å²) in [4.78, 5) is 27.2. The number of aryl methyl sites for hydroxylation is 2. The molecule has 2 aromatic carbocycles. The smallest absolute Gasteiger partial charge is 0.272 e. The number of carbonyl (C=O) groups excluding carboxylic acids is 2. The van der Waals surface area contributed by atoms with E-state index in [1.807, 2.05) is 45.0 Å². The average Bonchev–Trinajstić information content (AvgIpc) is 2.93. The molecule has 0 bridgehead atoms. The Labute approximate surface area is 203 Å². The highest BCUT2D eigenvalue weighted by molar-refractivity contribution is 6.52. The summed E-state index contributed by atoms with van der Waals surface area (Å²) in [6.07, 6.45) is -0.323. The van der Waals surface area contributed by atoms with Crippen LogP contribution in [0.5, 0.6) is 5.75 Å². The van der Waals surface area contributed by atoms with Gasteiger partial charge in [0.05, 0.1) is 6.04 Å². The van der Waals surface area contributed by atoms with Crippen molar-refractivity contribution in [2.24, 2.45) is 5.41 Å². The molecule has 182 valence electrons. The van der Waals surface area contributed by atoms with Crippen molar-refractivity contribution in [1.29, 1.82) is 0 Å². The molecule has 1 unspecified atom stereocenters. The third kappa shape index (κ3) is 5.62. The first kappa shape index (κ1) is 25.8. The second kappa shape index (κ2) is 10.2. The molecule has 3 rings (SSSR count). The number of benzene rings is 2. The standard InChI is InChI=1S/C26H36BN3O4/c1-8-21(26(5,6)7)30(25(33)18-12-15(2)11-16(3)13-18)29-24(32)19-9-10-20-23(17(19)4)34-22(31)14-28-27-20/h9-13,21-22,27-28,31H,8,14H2,1-7H3,(H,29,32)/t21?,22-/m1/s1. The van der Waals surface area contributed by atoms with Gasteiger partial charge in [0.2, 0.25) is 13.7 Å². The molecule has 3 N–H and O–H groups in total. The van der Waals surface area contributed by atoms with E-state index in [1.165, 1.54) is 5.01 Å². The Morgan fingerprint density at radius 1 is 1.21 bits per heavy atom. The molecule has 7 nitrogen and oxygen atoms in total. The van der Waals surface area contributed by atoms with Gasteiger partial charge in [0, 0.05) is 23.2 Å². The number of hydrogen-bond donors (Lipinski definition) is 3. The zero-order chi connectivity index (χ0) is 25.2. The van der Waals surface area contributed by atoms with E-state index < -0.39 is 12.2 Å². The predicted molar refractivity (Wildman–Crippen MR) is 136 cm³/mol. The van der Waals surface area contributed by atoms with E-state index in [4.69, 9.17) is 4.74 Å². The van der Waals surface area contributed by atoms with Gasteiger partial charge < -0.3 is 15.1 Å². The van der Waals surface area contributed by atoms with Crippen LogP contribution in [-0.4, -0.2) is 48.2 Å². The lowest BCUT2D eigenvalue weighted by Crippen LogP contribution is -2.56. The van der Waals surface area contributed by atoms with Crippen molar-refractivity contribution in [3.05, 3.63) is 58.1 Å². The number of nitrogens with zero attached hydrogens (tertiary/aromatic N) is 1. The fourth-order valence-corrected chi connectivity index (χ4v) is 4.66. The van der Waals surface area contributed by atoms with E-state index in [2.05, 4.69) is 31.4 Å². The summed E-state index contributed by atoms with van der Waals surface area (Å²) >= 11 is 0. The second-order valence-electron chi connectivity index (χ2n) is 10.2. The molecule has 2 amide bonds. The van der Waals surface area contributed by atoms with Crippen LogP contribution in [0.2, 0.25) is 0 Å². The lowest BCUT2D eigenvalue weighted by atomic mass is 9.80.